The van der Waals surface area contributed by atoms with E-state index in [-0.39, 0.29) is 12.2 Å². The first kappa shape index (κ1) is 15.6. The number of rotatable bonds is 4. The molecule has 1 heterocycles. The molecule has 0 bridgehead atoms. The third-order valence-corrected chi connectivity index (χ3v) is 3.71. The third kappa shape index (κ3) is 2.92. The quantitative estimate of drug-likeness (QED) is 0.443. The van der Waals surface area contributed by atoms with E-state index in [0.717, 1.165) is 27.7 Å². The summed E-state index contributed by atoms with van der Waals surface area (Å²) >= 11 is 0. The number of aromatic nitrogens is 1. The lowest BCUT2D eigenvalue weighted by Gasteiger charge is -2.03. The van der Waals surface area contributed by atoms with Crippen LogP contribution in [0.25, 0.3) is 28.2 Å². The molecule has 0 radical (unpaired) electrons. The minimum Gasteiger partial charge on any atom is -0.462 e. The third-order valence-electron chi connectivity index (χ3n) is 3.71. The number of carbonyl (C=O) groups excluding carboxylic acids is 1. The van der Waals surface area contributed by atoms with Crippen molar-refractivity contribution in [2.24, 2.45) is 0 Å². The van der Waals surface area contributed by atoms with Gasteiger partial charge in [0.15, 0.2) is 0 Å². The standard InChI is InChI=1S/C20H16N2O2/c1-2-24-20(23)15(13-21)12-17-16-10-6-7-11-18(16)22-19(17)14-8-4-3-5-9-14/h3-12,22H,2H2,1H3/b15-12+. The molecule has 0 aliphatic heterocycles. The Balaban J connectivity index is 2.22. The van der Waals surface area contributed by atoms with E-state index in [1.807, 2.05) is 60.7 Å². The number of benzene rings is 2. The van der Waals surface area contributed by atoms with Crippen molar-refractivity contribution in [1.82, 2.24) is 4.98 Å². The number of H-pyrrole nitrogens is 1. The van der Waals surface area contributed by atoms with Gasteiger partial charge in [-0.2, -0.15) is 5.26 Å². The summed E-state index contributed by atoms with van der Waals surface area (Å²) < 4.78 is 4.96. The predicted octanol–water partition coefficient (Wildman–Crippen LogP) is 4.30. The monoisotopic (exact) mass is 316 g/mol. The lowest BCUT2D eigenvalue weighted by molar-refractivity contribution is -0.137. The molecule has 0 fully saturated rings. The average Bonchev–Trinajstić information content (AvgIpc) is 2.99. The van der Waals surface area contributed by atoms with Crippen molar-refractivity contribution in [1.29, 1.82) is 5.26 Å². The van der Waals surface area contributed by atoms with Gasteiger partial charge in [0.1, 0.15) is 11.6 Å². The van der Waals surface area contributed by atoms with E-state index in [1.165, 1.54) is 0 Å². The van der Waals surface area contributed by atoms with Crippen LogP contribution >= 0.6 is 0 Å². The highest BCUT2D eigenvalue weighted by Crippen LogP contribution is 2.32. The normalized spacial score (nSPS) is 11.2. The second-order valence-corrected chi connectivity index (χ2v) is 5.22. The molecule has 118 valence electrons. The zero-order valence-corrected chi connectivity index (χ0v) is 13.2. The second-order valence-electron chi connectivity index (χ2n) is 5.22. The van der Waals surface area contributed by atoms with Gasteiger partial charge in [0.05, 0.1) is 12.3 Å². The number of nitrogens with one attached hydrogen (secondary N) is 1. The number of ether oxygens (including phenoxy) is 1. The Morgan fingerprint density at radius 1 is 1.17 bits per heavy atom. The van der Waals surface area contributed by atoms with Crippen molar-refractivity contribution in [3.8, 4) is 17.3 Å². The highest BCUT2D eigenvalue weighted by Gasteiger charge is 2.15. The van der Waals surface area contributed by atoms with Crippen molar-refractivity contribution < 1.29 is 9.53 Å². The lowest BCUT2D eigenvalue weighted by atomic mass is 10.0. The number of nitriles is 1. The zero-order chi connectivity index (χ0) is 16.9. The van der Waals surface area contributed by atoms with Crippen LogP contribution in [-0.4, -0.2) is 17.6 Å². The number of esters is 1. The summed E-state index contributed by atoms with van der Waals surface area (Å²) in [4.78, 5) is 15.3. The van der Waals surface area contributed by atoms with E-state index in [0.29, 0.717) is 0 Å². The predicted molar refractivity (Wildman–Crippen MR) is 94.0 cm³/mol. The summed E-state index contributed by atoms with van der Waals surface area (Å²) in [5.74, 6) is -0.607. The van der Waals surface area contributed by atoms with E-state index in [9.17, 15) is 10.1 Å². The van der Waals surface area contributed by atoms with Crippen molar-refractivity contribution in [3.05, 3.63) is 65.7 Å². The van der Waals surface area contributed by atoms with Crippen LogP contribution < -0.4 is 0 Å². The van der Waals surface area contributed by atoms with Crippen molar-refractivity contribution in [3.63, 3.8) is 0 Å². The van der Waals surface area contributed by atoms with Gasteiger partial charge in [-0.3, -0.25) is 0 Å². The summed E-state index contributed by atoms with van der Waals surface area (Å²) in [7, 11) is 0. The van der Waals surface area contributed by atoms with Gasteiger partial charge in [0.25, 0.3) is 0 Å². The summed E-state index contributed by atoms with van der Waals surface area (Å²) in [6.07, 6.45) is 1.60. The first-order valence-electron chi connectivity index (χ1n) is 7.69. The molecule has 0 unspecified atom stereocenters. The van der Waals surface area contributed by atoms with Gasteiger partial charge in [-0.15, -0.1) is 0 Å². The smallest absolute Gasteiger partial charge is 0.348 e. The molecule has 4 heteroatoms. The largest absolute Gasteiger partial charge is 0.462 e. The maximum Gasteiger partial charge on any atom is 0.348 e. The molecule has 2 aromatic carbocycles. The fraction of sp³-hybridized carbons (Fsp3) is 0.100. The van der Waals surface area contributed by atoms with E-state index in [4.69, 9.17) is 4.74 Å². The number of para-hydroxylation sites is 1. The van der Waals surface area contributed by atoms with Crippen LogP contribution in [0.2, 0.25) is 0 Å². The van der Waals surface area contributed by atoms with Crippen LogP contribution in [0, 0.1) is 11.3 Å². The van der Waals surface area contributed by atoms with Crippen LogP contribution in [0.5, 0.6) is 0 Å². The van der Waals surface area contributed by atoms with Crippen molar-refractivity contribution >= 4 is 22.9 Å². The Labute approximate surface area is 140 Å². The SMILES string of the molecule is CCOC(=O)/C(C#N)=C/c1c(-c2ccccc2)[nH]c2ccccc12. The molecular weight excluding hydrogens is 300 g/mol. The van der Waals surface area contributed by atoms with E-state index >= 15 is 0 Å². The van der Waals surface area contributed by atoms with Crippen molar-refractivity contribution in [2.75, 3.05) is 6.61 Å². The first-order chi connectivity index (χ1) is 11.7. The van der Waals surface area contributed by atoms with Gasteiger partial charge in [0, 0.05) is 16.5 Å². The first-order valence-corrected chi connectivity index (χ1v) is 7.69. The Morgan fingerprint density at radius 3 is 2.58 bits per heavy atom. The van der Waals surface area contributed by atoms with Gasteiger partial charge in [-0.05, 0) is 24.6 Å². The van der Waals surface area contributed by atoms with Crippen LogP contribution in [0.1, 0.15) is 12.5 Å². The fourth-order valence-corrected chi connectivity index (χ4v) is 2.64. The minimum absolute atomic E-state index is 0.0150. The molecule has 0 spiro atoms. The highest BCUT2D eigenvalue weighted by atomic mass is 16.5. The average molecular weight is 316 g/mol. The Hall–Kier alpha value is -3.32. The molecule has 0 saturated carbocycles. The van der Waals surface area contributed by atoms with Gasteiger partial charge >= 0.3 is 5.97 Å². The van der Waals surface area contributed by atoms with Crippen LogP contribution in [0.15, 0.2) is 60.2 Å². The van der Waals surface area contributed by atoms with Crippen LogP contribution in [-0.2, 0) is 9.53 Å². The van der Waals surface area contributed by atoms with E-state index < -0.39 is 5.97 Å². The number of aromatic amines is 1. The zero-order valence-electron chi connectivity index (χ0n) is 13.2. The molecule has 3 rings (SSSR count). The maximum atomic E-state index is 12.0. The minimum atomic E-state index is -0.607. The molecule has 24 heavy (non-hydrogen) atoms. The number of hydrogen-bond acceptors (Lipinski definition) is 3. The second kappa shape index (κ2) is 6.84. The van der Waals surface area contributed by atoms with Crippen LogP contribution in [0.3, 0.4) is 0 Å². The maximum absolute atomic E-state index is 12.0. The van der Waals surface area contributed by atoms with Gasteiger partial charge in [-0.1, -0.05) is 48.5 Å². The highest BCUT2D eigenvalue weighted by molar-refractivity contribution is 6.04. The number of fused-ring (bicyclic) bond motifs is 1. The summed E-state index contributed by atoms with van der Waals surface area (Å²) in [5.41, 5.74) is 3.60. The van der Waals surface area contributed by atoms with Gasteiger partial charge < -0.3 is 9.72 Å². The number of nitrogens with zero attached hydrogens (tertiary/aromatic N) is 1. The number of carbonyl (C=O) groups is 1. The van der Waals surface area contributed by atoms with Gasteiger partial charge in [-0.25, -0.2) is 4.79 Å². The van der Waals surface area contributed by atoms with Gasteiger partial charge in [0.2, 0.25) is 0 Å². The molecule has 0 amide bonds. The summed E-state index contributed by atoms with van der Waals surface area (Å²) in [6, 6.07) is 19.6. The Morgan fingerprint density at radius 2 is 1.88 bits per heavy atom. The Kier molecular flexibility index (Phi) is 4.44. The topological polar surface area (TPSA) is 65.9 Å². The molecule has 0 atom stereocenters. The molecule has 0 saturated heterocycles. The van der Waals surface area contributed by atoms with E-state index in [1.54, 1.807) is 13.0 Å². The molecule has 1 aromatic heterocycles. The fourth-order valence-electron chi connectivity index (χ4n) is 2.64. The summed E-state index contributed by atoms with van der Waals surface area (Å²) in [5, 5.41) is 10.3. The number of hydrogen-bond donors (Lipinski definition) is 1. The molecule has 1 N–H and O–H groups in total. The molecule has 3 aromatic rings. The lowest BCUT2D eigenvalue weighted by Crippen LogP contribution is -2.06. The Bertz CT molecular complexity index is 947. The molecular formula is C20H16N2O2. The van der Waals surface area contributed by atoms with Crippen LogP contribution in [0.4, 0.5) is 0 Å². The van der Waals surface area contributed by atoms with Crippen molar-refractivity contribution in [2.45, 2.75) is 6.92 Å². The summed E-state index contributed by atoms with van der Waals surface area (Å²) in [6.45, 7) is 1.95. The molecule has 0 aliphatic carbocycles. The van der Waals surface area contributed by atoms with E-state index in [2.05, 4.69) is 4.98 Å². The molecule has 0 aliphatic rings. The molecule has 4 nitrogen and oxygen atoms in total.